The van der Waals surface area contributed by atoms with Crippen LogP contribution >= 0.6 is 27.3 Å². The van der Waals surface area contributed by atoms with Gasteiger partial charge in [0.15, 0.2) is 9.61 Å². The van der Waals surface area contributed by atoms with Crippen LogP contribution in [-0.2, 0) is 4.74 Å². The molecule has 0 N–H and O–H groups in total. The molecule has 0 unspecified atom stereocenters. The van der Waals surface area contributed by atoms with Gasteiger partial charge in [0.1, 0.15) is 11.8 Å². The molecule has 0 spiro atoms. The molecule has 0 aliphatic rings. The number of para-hydroxylation sites is 1. The molecule has 0 fully saturated rings. The van der Waals surface area contributed by atoms with Crippen LogP contribution in [0.3, 0.4) is 0 Å². The van der Waals surface area contributed by atoms with E-state index in [2.05, 4.69) is 20.9 Å². The van der Waals surface area contributed by atoms with Gasteiger partial charge in [-0.05, 0) is 22.0 Å². The van der Waals surface area contributed by atoms with Gasteiger partial charge in [-0.3, -0.25) is 0 Å². The Morgan fingerprint density at radius 1 is 1.42 bits per heavy atom. The SMILES string of the molecule is COC(=O)c1nc(Br)sc1-c1coc2ccccc12. The van der Waals surface area contributed by atoms with Crippen LogP contribution in [0.1, 0.15) is 10.5 Å². The first-order valence-corrected chi connectivity index (χ1v) is 7.03. The number of methoxy groups -OCH3 is 1. The quantitative estimate of drug-likeness (QED) is 0.660. The number of ether oxygens (including phenoxy) is 1. The lowest BCUT2D eigenvalue weighted by Gasteiger charge is -1.98. The van der Waals surface area contributed by atoms with E-state index in [9.17, 15) is 4.79 Å². The Morgan fingerprint density at radius 3 is 3.00 bits per heavy atom. The summed E-state index contributed by atoms with van der Waals surface area (Å²) in [7, 11) is 1.34. The van der Waals surface area contributed by atoms with Gasteiger partial charge >= 0.3 is 5.97 Å². The molecule has 96 valence electrons. The van der Waals surface area contributed by atoms with Crippen molar-refractivity contribution < 1.29 is 13.9 Å². The summed E-state index contributed by atoms with van der Waals surface area (Å²) in [6.45, 7) is 0. The minimum absolute atomic E-state index is 0.297. The highest BCUT2D eigenvalue weighted by Crippen LogP contribution is 2.38. The zero-order valence-corrected chi connectivity index (χ0v) is 12.2. The summed E-state index contributed by atoms with van der Waals surface area (Å²) in [5.74, 6) is -0.456. The second-order valence-corrected chi connectivity index (χ2v) is 6.06. The molecule has 0 bridgehead atoms. The molecular formula is C13H8BrNO3S. The Morgan fingerprint density at radius 2 is 2.21 bits per heavy atom. The summed E-state index contributed by atoms with van der Waals surface area (Å²) < 4.78 is 10.9. The number of benzene rings is 1. The van der Waals surface area contributed by atoms with E-state index in [0.29, 0.717) is 9.61 Å². The largest absolute Gasteiger partial charge is 0.464 e. The minimum atomic E-state index is -0.456. The monoisotopic (exact) mass is 337 g/mol. The fraction of sp³-hybridized carbons (Fsp3) is 0.0769. The van der Waals surface area contributed by atoms with Crippen molar-refractivity contribution in [1.82, 2.24) is 4.98 Å². The molecule has 0 aliphatic heterocycles. The molecule has 0 saturated heterocycles. The van der Waals surface area contributed by atoms with Crippen molar-refractivity contribution >= 4 is 44.2 Å². The highest BCUT2D eigenvalue weighted by Gasteiger charge is 2.22. The van der Waals surface area contributed by atoms with Gasteiger partial charge in [0.25, 0.3) is 0 Å². The van der Waals surface area contributed by atoms with E-state index in [-0.39, 0.29) is 0 Å². The Bertz CT molecular complexity index is 762. The van der Waals surface area contributed by atoms with Crippen molar-refractivity contribution in [3.8, 4) is 10.4 Å². The standard InChI is InChI=1S/C13H8BrNO3S/c1-17-12(16)10-11(19-13(14)15-10)8-6-18-9-5-3-2-4-7(8)9/h2-6H,1H3. The number of halogens is 1. The molecule has 0 atom stereocenters. The number of nitrogens with zero attached hydrogens (tertiary/aromatic N) is 1. The molecule has 0 aliphatic carbocycles. The molecule has 3 rings (SSSR count). The lowest BCUT2D eigenvalue weighted by molar-refractivity contribution is 0.0595. The molecule has 0 radical (unpaired) electrons. The third-order valence-corrected chi connectivity index (χ3v) is 4.25. The fourth-order valence-corrected chi connectivity index (χ4v) is 3.33. The lowest BCUT2D eigenvalue weighted by Crippen LogP contribution is -2.02. The first kappa shape index (κ1) is 12.4. The van der Waals surface area contributed by atoms with E-state index in [1.165, 1.54) is 18.4 Å². The van der Waals surface area contributed by atoms with Gasteiger partial charge in [0.05, 0.1) is 12.0 Å². The van der Waals surface area contributed by atoms with Gasteiger partial charge in [-0.2, -0.15) is 0 Å². The molecular weight excluding hydrogens is 330 g/mol. The minimum Gasteiger partial charge on any atom is -0.464 e. The average molecular weight is 338 g/mol. The number of fused-ring (bicyclic) bond motifs is 1. The molecule has 4 nitrogen and oxygen atoms in total. The second-order valence-electron chi connectivity index (χ2n) is 3.78. The number of furan rings is 1. The summed E-state index contributed by atoms with van der Waals surface area (Å²) in [5, 5.41) is 0.948. The maximum absolute atomic E-state index is 11.7. The maximum Gasteiger partial charge on any atom is 0.358 e. The van der Waals surface area contributed by atoms with E-state index < -0.39 is 5.97 Å². The van der Waals surface area contributed by atoms with Crippen molar-refractivity contribution in [2.45, 2.75) is 0 Å². The summed E-state index contributed by atoms with van der Waals surface area (Å²) in [6.07, 6.45) is 1.64. The van der Waals surface area contributed by atoms with Gasteiger partial charge in [-0.15, -0.1) is 11.3 Å². The zero-order chi connectivity index (χ0) is 13.4. The topological polar surface area (TPSA) is 52.3 Å². The van der Waals surface area contributed by atoms with Crippen LogP contribution in [0, 0.1) is 0 Å². The van der Waals surface area contributed by atoms with E-state index >= 15 is 0 Å². The number of esters is 1. The van der Waals surface area contributed by atoms with Crippen LogP contribution < -0.4 is 0 Å². The third-order valence-electron chi connectivity index (χ3n) is 2.71. The van der Waals surface area contributed by atoms with Crippen LogP contribution in [0.4, 0.5) is 0 Å². The van der Waals surface area contributed by atoms with E-state index in [0.717, 1.165) is 21.4 Å². The fourth-order valence-electron chi connectivity index (χ4n) is 1.87. The number of rotatable bonds is 2. The smallest absolute Gasteiger partial charge is 0.358 e. The van der Waals surface area contributed by atoms with Gasteiger partial charge in [-0.1, -0.05) is 18.2 Å². The van der Waals surface area contributed by atoms with Crippen LogP contribution in [-0.4, -0.2) is 18.1 Å². The predicted octanol–water partition coefficient (Wildman–Crippen LogP) is 4.11. The number of aromatic nitrogens is 1. The van der Waals surface area contributed by atoms with Crippen molar-refractivity contribution in [3.05, 3.63) is 40.1 Å². The van der Waals surface area contributed by atoms with Crippen LogP contribution in [0.15, 0.2) is 38.9 Å². The molecule has 6 heteroatoms. The Kier molecular flexibility index (Phi) is 3.12. The van der Waals surface area contributed by atoms with Crippen LogP contribution in [0.2, 0.25) is 0 Å². The zero-order valence-electron chi connectivity index (χ0n) is 9.84. The number of carbonyl (C=O) groups is 1. The average Bonchev–Trinajstić information content (AvgIpc) is 3.01. The molecule has 0 amide bonds. The molecule has 1 aromatic carbocycles. The number of thiazole rings is 1. The van der Waals surface area contributed by atoms with Gasteiger partial charge in [0.2, 0.25) is 0 Å². The first-order chi connectivity index (χ1) is 9.20. The van der Waals surface area contributed by atoms with E-state index in [4.69, 9.17) is 9.15 Å². The number of carbonyl (C=O) groups excluding carboxylic acids is 1. The molecule has 3 aromatic rings. The normalized spacial score (nSPS) is 10.8. The summed E-state index contributed by atoms with van der Waals surface area (Å²) in [5.41, 5.74) is 1.92. The van der Waals surface area contributed by atoms with Gasteiger partial charge in [0, 0.05) is 10.9 Å². The molecule has 2 aromatic heterocycles. The van der Waals surface area contributed by atoms with Gasteiger partial charge in [-0.25, -0.2) is 9.78 Å². The summed E-state index contributed by atoms with van der Waals surface area (Å²) in [4.78, 5) is 16.7. The number of hydrogen-bond acceptors (Lipinski definition) is 5. The number of hydrogen-bond donors (Lipinski definition) is 0. The van der Waals surface area contributed by atoms with Crippen LogP contribution in [0.25, 0.3) is 21.4 Å². The summed E-state index contributed by atoms with van der Waals surface area (Å²) >= 11 is 4.67. The highest BCUT2D eigenvalue weighted by atomic mass is 79.9. The second kappa shape index (κ2) is 4.79. The van der Waals surface area contributed by atoms with Crippen LogP contribution in [0.5, 0.6) is 0 Å². The Balaban J connectivity index is 2.24. The van der Waals surface area contributed by atoms with Crippen molar-refractivity contribution in [2.24, 2.45) is 0 Å². The molecule has 2 heterocycles. The van der Waals surface area contributed by atoms with Crippen molar-refractivity contribution in [2.75, 3.05) is 7.11 Å². The third kappa shape index (κ3) is 2.06. The van der Waals surface area contributed by atoms with E-state index in [1.54, 1.807) is 6.26 Å². The Labute approximate surface area is 121 Å². The predicted molar refractivity (Wildman–Crippen MR) is 76.4 cm³/mol. The first-order valence-electron chi connectivity index (χ1n) is 5.42. The van der Waals surface area contributed by atoms with Gasteiger partial charge < -0.3 is 9.15 Å². The van der Waals surface area contributed by atoms with Crippen molar-refractivity contribution in [3.63, 3.8) is 0 Å². The maximum atomic E-state index is 11.7. The summed E-state index contributed by atoms with van der Waals surface area (Å²) in [6, 6.07) is 7.66. The van der Waals surface area contributed by atoms with Crippen molar-refractivity contribution in [1.29, 1.82) is 0 Å². The molecule has 19 heavy (non-hydrogen) atoms. The highest BCUT2D eigenvalue weighted by molar-refractivity contribution is 9.11. The lowest BCUT2D eigenvalue weighted by atomic mass is 10.1. The molecule has 0 saturated carbocycles. The Hall–Kier alpha value is -1.66. The van der Waals surface area contributed by atoms with E-state index in [1.807, 2.05) is 24.3 Å².